The van der Waals surface area contributed by atoms with Crippen molar-refractivity contribution in [2.24, 2.45) is 0 Å². The Morgan fingerprint density at radius 2 is 1.78 bits per heavy atom. The second kappa shape index (κ2) is 7.43. The topological polar surface area (TPSA) is 64.6 Å². The Morgan fingerprint density at radius 1 is 1.09 bits per heavy atom. The normalized spacial score (nSPS) is 11.3. The average Bonchev–Trinajstić information content (AvgIpc) is 2.50. The van der Waals surface area contributed by atoms with Crippen LogP contribution in [0.25, 0.3) is 0 Å². The van der Waals surface area contributed by atoms with E-state index in [-0.39, 0.29) is 22.9 Å². The molecule has 0 heterocycles. The van der Waals surface area contributed by atoms with Crippen LogP contribution in [0.5, 0.6) is 5.75 Å². The van der Waals surface area contributed by atoms with Gasteiger partial charge in [0.1, 0.15) is 6.61 Å². The maximum Gasteiger partial charge on any atom is 0.261 e. The molecular weight excluding hydrogens is 321 g/mol. The van der Waals surface area contributed by atoms with Crippen LogP contribution in [0.3, 0.4) is 0 Å². The van der Waals surface area contributed by atoms with Crippen LogP contribution < -0.4 is 9.46 Å². The molecule has 2 rings (SSSR count). The number of hydrogen-bond donors (Lipinski definition) is 1. The molecule has 0 aliphatic rings. The van der Waals surface area contributed by atoms with Crippen LogP contribution in [0.15, 0.2) is 47.4 Å². The van der Waals surface area contributed by atoms with E-state index in [1.54, 1.807) is 12.1 Å². The Morgan fingerprint density at radius 3 is 2.39 bits per heavy atom. The average molecular weight is 339 g/mol. The molecule has 0 atom stereocenters. The predicted octanol–water partition coefficient (Wildman–Crippen LogP) is 2.96. The first-order valence-electron chi connectivity index (χ1n) is 6.93. The van der Waals surface area contributed by atoms with Crippen molar-refractivity contribution in [2.75, 3.05) is 25.0 Å². The summed E-state index contributed by atoms with van der Waals surface area (Å²) in [5.41, 5.74) is 1.08. The second-order valence-electron chi connectivity index (χ2n) is 4.91. The van der Waals surface area contributed by atoms with Gasteiger partial charge < -0.3 is 9.47 Å². The Hall–Kier alpha value is -2.12. The molecule has 0 aromatic heterocycles. The molecule has 0 amide bonds. The minimum Gasteiger partial charge on any atom is -0.488 e. The maximum atomic E-state index is 13.9. The van der Waals surface area contributed by atoms with Crippen LogP contribution in [0, 0.1) is 12.7 Å². The number of methoxy groups -OCH3 is 1. The fourth-order valence-corrected chi connectivity index (χ4v) is 2.90. The molecule has 124 valence electrons. The van der Waals surface area contributed by atoms with Crippen LogP contribution >= 0.6 is 0 Å². The number of anilines is 1. The number of ether oxygens (including phenoxy) is 2. The smallest absolute Gasteiger partial charge is 0.261 e. The molecule has 0 aliphatic carbocycles. The van der Waals surface area contributed by atoms with Crippen molar-refractivity contribution >= 4 is 15.7 Å². The summed E-state index contributed by atoms with van der Waals surface area (Å²) in [5.74, 6) is -0.606. The van der Waals surface area contributed by atoms with Gasteiger partial charge in [-0.2, -0.15) is 0 Å². The van der Waals surface area contributed by atoms with E-state index >= 15 is 0 Å². The number of hydrogen-bond acceptors (Lipinski definition) is 4. The summed E-state index contributed by atoms with van der Waals surface area (Å²) >= 11 is 0. The molecule has 0 saturated heterocycles. The van der Waals surface area contributed by atoms with E-state index in [1.807, 2.05) is 6.92 Å². The third-order valence-electron chi connectivity index (χ3n) is 3.06. The molecule has 0 unspecified atom stereocenters. The van der Waals surface area contributed by atoms with Crippen LogP contribution in [0.1, 0.15) is 5.56 Å². The standard InChI is InChI=1S/C16H18FNO4S/c1-12-3-6-14(7-4-12)23(19,20)18-13-5-8-16(15(17)11-13)22-10-9-21-2/h3-8,11,18H,9-10H2,1-2H3. The zero-order valence-corrected chi connectivity index (χ0v) is 13.7. The first-order valence-corrected chi connectivity index (χ1v) is 8.41. The Kier molecular flexibility index (Phi) is 5.57. The summed E-state index contributed by atoms with van der Waals surface area (Å²) < 4.78 is 50.7. The van der Waals surface area contributed by atoms with E-state index in [1.165, 1.54) is 31.4 Å². The molecule has 0 spiro atoms. The molecule has 23 heavy (non-hydrogen) atoms. The van der Waals surface area contributed by atoms with Gasteiger partial charge in [-0.05, 0) is 31.2 Å². The van der Waals surface area contributed by atoms with Gasteiger partial charge in [-0.15, -0.1) is 0 Å². The minimum atomic E-state index is -3.76. The molecule has 0 radical (unpaired) electrons. The summed E-state index contributed by atoms with van der Waals surface area (Å²) in [5, 5.41) is 0. The van der Waals surface area contributed by atoms with E-state index in [9.17, 15) is 12.8 Å². The Balaban J connectivity index is 2.13. The molecular formula is C16H18FNO4S. The number of aryl methyl sites for hydroxylation is 1. The van der Waals surface area contributed by atoms with Crippen molar-refractivity contribution in [3.63, 3.8) is 0 Å². The summed E-state index contributed by atoms with van der Waals surface area (Å²) in [7, 11) is -2.24. The molecule has 0 fully saturated rings. The lowest BCUT2D eigenvalue weighted by molar-refractivity contribution is 0.144. The fraction of sp³-hybridized carbons (Fsp3) is 0.250. The summed E-state index contributed by atoms with van der Waals surface area (Å²) in [6.07, 6.45) is 0. The molecule has 0 aliphatic heterocycles. The highest BCUT2D eigenvalue weighted by Gasteiger charge is 2.15. The highest BCUT2D eigenvalue weighted by Crippen LogP contribution is 2.23. The molecule has 5 nitrogen and oxygen atoms in total. The third kappa shape index (κ3) is 4.67. The number of benzene rings is 2. The number of nitrogens with one attached hydrogen (secondary N) is 1. The summed E-state index contributed by atoms with van der Waals surface area (Å²) in [4.78, 5) is 0.115. The highest BCUT2D eigenvalue weighted by atomic mass is 32.2. The minimum absolute atomic E-state index is 0.0420. The van der Waals surface area contributed by atoms with Gasteiger partial charge in [-0.1, -0.05) is 17.7 Å². The summed E-state index contributed by atoms with van der Waals surface area (Å²) in [6.45, 7) is 2.41. The summed E-state index contributed by atoms with van der Waals surface area (Å²) in [6, 6.07) is 10.3. The first-order chi connectivity index (χ1) is 10.9. The van der Waals surface area contributed by atoms with Crippen molar-refractivity contribution < 1.29 is 22.3 Å². The fourth-order valence-electron chi connectivity index (χ4n) is 1.85. The van der Waals surface area contributed by atoms with Gasteiger partial charge in [0.05, 0.1) is 17.2 Å². The van der Waals surface area contributed by atoms with Gasteiger partial charge in [0.15, 0.2) is 11.6 Å². The van der Waals surface area contributed by atoms with E-state index in [0.29, 0.717) is 6.61 Å². The molecule has 1 N–H and O–H groups in total. The lowest BCUT2D eigenvalue weighted by Crippen LogP contribution is -2.13. The van der Waals surface area contributed by atoms with Crippen LogP contribution in [0.2, 0.25) is 0 Å². The maximum absolute atomic E-state index is 13.9. The van der Waals surface area contributed by atoms with Gasteiger partial charge >= 0.3 is 0 Å². The third-order valence-corrected chi connectivity index (χ3v) is 4.46. The van der Waals surface area contributed by atoms with Crippen molar-refractivity contribution in [1.29, 1.82) is 0 Å². The molecule has 0 bridgehead atoms. The lowest BCUT2D eigenvalue weighted by atomic mass is 10.2. The highest BCUT2D eigenvalue weighted by molar-refractivity contribution is 7.92. The molecule has 2 aromatic carbocycles. The zero-order chi connectivity index (χ0) is 16.9. The quantitative estimate of drug-likeness (QED) is 0.788. The van der Waals surface area contributed by atoms with Gasteiger partial charge in [0.25, 0.3) is 10.0 Å². The van der Waals surface area contributed by atoms with Gasteiger partial charge in [0, 0.05) is 13.2 Å². The van der Waals surface area contributed by atoms with Gasteiger partial charge in [0.2, 0.25) is 0 Å². The largest absolute Gasteiger partial charge is 0.488 e. The van der Waals surface area contributed by atoms with Crippen LogP contribution in [-0.2, 0) is 14.8 Å². The SMILES string of the molecule is COCCOc1ccc(NS(=O)(=O)c2ccc(C)cc2)cc1F. The first kappa shape index (κ1) is 17.2. The van der Waals surface area contributed by atoms with E-state index in [0.717, 1.165) is 11.6 Å². The van der Waals surface area contributed by atoms with Crippen molar-refractivity contribution in [2.45, 2.75) is 11.8 Å². The van der Waals surface area contributed by atoms with Crippen molar-refractivity contribution in [1.82, 2.24) is 0 Å². The van der Waals surface area contributed by atoms with Gasteiger partial charge in [-0.3, -0.25) is 4.72 Å². The van der Waals surface area contributed by atoms with Crippen LogP contribution in [0.4, 0.5) is 10.1 Å². The zero-order valence-electron chi connectivity index (χ0n) is 12.9. The molecule has 0 saturated carbocycles. The Labute approximate surface area is 135 Å². The van der Waals surface area contributed by atoms with Crippen LogP contribution in [-0.4, -0.2) is 28.7 Å². The van der Waals surface area contributed by atoms with E-state index in [4.69, 9.17) is 9.47 Å². The van der Waals surface area contributed by atoms with E-state index in [2.05, 4.69) is 4.72 Å². The van der Waals surface area contributed by atoms with Crippen molar-refractivity contribution in [3.8, 4) is 5.75 Å². The van der Waals surface area contributed by atoms with E-state index < -0.39 is 15.8 Å². The number of sulfonamides is 1. The monoisotopic (exact) mass is 339 g/mol. The number of rotatable bonds is 7. The molecule has 7 heteroatoms. The number of halogens is 1. The van der Waals surface area contributed by atoms with Crippen molar-refractivity contribution in [3.05, 3.63) is 53.8 Å². The lowest BCUT2D eigenvalue weighted by Gasteiger charge is -2.11. The molecule has 2 aromatic rings. The predicted molar refractivity (Wildman–Crippen MR) is 85.8 cm³/mol. The Bertz CT molecular complexity index is 760. The second-order valence-corrected chi connectivity index (χ2v) is 6.59. The van der Waals surface area contributed by atoms with Gasteiger partial charge in [-0.25, -0.2) is 12.8 Å².